The van der Waals surface area contributed by atoms with Crippen molar-refractivity contribution < 1.29 is 18.8 Å². The number of halogens is 1. The molecule has 4 rings (SSSR count). The Kier molecular flexibility index (Phi) is 4.87. The summed E-state index contributed by atoms with van der Waals surface area (Å²) in [6, 6.07) is 11.7. The molecule has 0 saturated carbocycles. The van der Waals surface area contributed by atoms with Gasteiger partial charge >= 0.3 is 5.69 Å². The zero-order chi connectivity index (χ0) is 20.4. The summed E-state index contributed by atoms with van der Waals surface area (Å²) >= 11 is 1.31. The van der Waals surface area contributed by atoms with E-state index >= 15 is 0 Å². The lowest BCUT2D eigenvalue weighted by molar-refractivity contribution is -0.385. The Morgan fingerprint density at radius 1 is 1.24 bits per heavy atom. The number of nitrogens with zero attached hydrogens (tertiary/aromatic N) is 4. The Balaban J connectivity index is 1.46. The molecule has 29 heavy (non-hydrogen) atoms. The average molecular weight is 413 g/mol. The molecule has 11 heteroatoms. The van der Waals surface area contributed by atoms with Gasteiger partial charge in [-0.1, -0.05) is 12.1 Å². The highest BCUT2D eigenvalue weighted by molar-refractivity contribution is 7.15. The van der Waals surface area contributed by atoms with E-state index in [0.717, 1.165) is 5.56 Å². The van der Waals surface area contributed by atoms with E-state index in [2.05, 4.69) is 15.4 Å². The minimum absolute atomic E-state index is 0.00923. The van der Waals surface area contributed by atoms with Gasteiger partial charge in [0.1, 0.15) is 5.82 Å². The van der Waals surface area contributed by atoms with Crippen LogP contribution in [-0.2, 0) is 4.79 Å². The molecule has 0 aliphatic rings. The Morgan fingerprint density at radius 3 is 2.76 bits per heavy atom. The van der Waals surface area contributed by atoms with Gasteiger partial charge in [0.25, 0.3) is 11.9 Å². The number of para-hydroxylation sites is 2. The van der Waals surface area contributed by atoms with Crippen molar-refractivity contribution in [1.82, 2.24) is 14.6 Å². The van der Waals surface area contributed by atoms with Gasteiger partial charge < -0.3 is 4.74 Å². The zero-order valence-electron chi connectivity index (χ0n) is 14.6. The van der Waals surface area contributed by atoms with Crippen molar-refractivity contribution in [1.29, 1.82) is 0 Å². The predicted octanol–water partition coefficient (Wildman–Crippen LogP) is 3.52. The molecule has 0 fully saturated rings. The molecule has 0 atom stereocenters. The summed E-state index contributed by atoms with van der Waals surface area (Å²) in [4.78, 5) is 27.3. The van der Waals surface area contributed by atoms with E-state index in [1.807, 2.05) is 5.38 Å². The third kappa shape index (κ3) is 3.89. The second kappa shape index (κ2) is 7.64. The van der Waals surface area contributed by atoms with Crippen molar-refractivity contribution in [3.8, 4) is 17.0 Å². The number of fused-ring (bicyclic) bond motifs is 1. The summed E-state index contributed by atoms with van der Waals surface area (Å²) in [5, 5.41) is 19.5. The van der Waals surface area contributed by atoms with Gasteiger partial charge in [-0.25, -0.2) is 8.91 Å². The van der Waals surface area contributed by atoms with Crippen molar-refractivity contribution in [3.05, 3.63) is 69.8 Å². The van der Waals surface area contributed by atoms with E-state index < -0.39 is 17.4 Å². The minimum atomic E-state index is -0.588. The molecule has 0 radical (unpaired) electrons. The van der Waals surface area contributed by atoms with Crippen molar-refractivity contribution in [3.63, 3.8) is 0 Å². The first-order valence-corrected chi connectivity index (χ1v) is 9.15. The molecule has 4 aromatic rings. The lowest BCUT2D eigenvalue weighted by Crippen LogP contribution is -2.21. The third-order valence-corrected chi connectivity index (χ3v) is 4.71. The number of nitro benzene ring substituents is 1. The van der Waals surface area contributed by atoms with Crippen molar-refractivity contribution in [2.45, 2.75) is 0 Å². The molecule has 0 aliphatic carbocycles. The molecule has 9 nitrogen and oxygen atoms in total. The number of hydrogen-bond acceptors (Lipinski definition) is 7. The molecule has 0 aliphatic heterocycles. The summed E-state index contributed by atoms with van der Waals surface area (Å²) in [5.74, 6) is -0.850. The first-order valence-electron chi connectivity index (χ1n) is 8.27. The maximum Gasteiger partial charge on any atom is 0.310 e. The van der Waals surface area contributed by atoms with Crippen LogP contribution in [0, 0.1) is 15.9 Å². The van der Waals surface area contributed by atoms with Crippen LogP contribution >= 0.6 is 11.3 Å². The zero-order valence-corrected chi connectivity index (χ0v) is 15.4. The van der Waals surface area contributed by atoms with Crippen LogP contribution in [-0.4, -0.2) is 32.0 Å². The Morgan fingerprint density at radius 2 is 2.00 bits per heavy atom. The molecule has 1 N–H and O–H groups in total. The predicted molar refractivity (Wildman–Crippen MR) is 103 cm³/mol. The van der Waals surface area contributed by atoms with Gasteiger partial charge in [0.05, 0.1) is 10.6 Å². The van der Waals surface area contributed by atoms with Gasteiger partial charge in [-0.3, -0.25) is 20.2 Å². The number of ether oxygens (including phenoxy) is 1. The fraction of sp³-hybridized carbons (Fsp3) is 0.0556. The van der Waals surface area contributed by atoms with Gasteiger partial charge in [0.15, 0.2) is 12.4 Å². The lowest BCUT2D eigenvalue weighted by atomic mass is 10.2. The number of amides is 1. The average Bonchev–Trinajstić information content (AvgIpc) is 3.27. The summed E-state index contributed by atoms with van der Waals surface area (Å²) < 4.78 is 19.9. The second-order valence-electron chi connectivity index (χ2n) is 5.82. The van der Waals surface area contributed by atoms with Gasteiger partial charge in [0, 0.05) is 17.0 Å². The van der Waals surface area contributed by atoms with E-state index in [1.54, 1.807) is 18.2 Å². The van der Waals surface area contributed by atoms with E-state index in [9.17, 15) is 19.3 Å². The van der Waals surface area contributed by atoms with Crippen LogP contribution in [0.5, 0.6) is 5.75 Å². The fourth-order valence-electron chi connectivity index (χ4n) is 2.59. The highest BCUT2D eigenvalue weighted by atomic mass is 32.1. The van der Waals surface area contributed by atoms with Gasteiger partial charge in [0.2, 0.25) is 4.96 Å². The van der Waals surface area contributed by atoms with E-state index in [-0.39, 0.29) is 23.2 Å². The number of benzene rings is 2. The molecule has 146 valence electrons. The summed E-state index contributed by atoms with van der Waals surface area (Å²) in [6.45, 7) is -0.442. The number of rotatable bonds is 6. The maximum atomic E-state index is 13.1. The van der Waals surface area contributed by atoms with Crippen LogP contribution in [0.3, 0.4) is 0 Å². The number of aromatic nitrogens is 3. The molecular formula is C18H12FN5O4S. The normalized spacial score (nSPS) is 10.8. The molecular weight excluding hydrogens is 401 g/mol. The monoisotopic (exact) mass is 413 g/mol. The van der Waals surface area contributed by atoms with E-state index in [4.69, 9.17) is 4.74 Å². The quantitative estimate of drug-likeness (QED) is 0.382. The van der Waals surface area contributed by atoms with Crippen LogP contribution < -0.4 is 10.1 Å². The molecule has 2 aromatic carbocycles. The summed E-state index contributed by atoms with van der Waals surface area (Å²) in [6.07, 6.45) is 0. The maximum absolute atomic E-state index is 13.1. The Hall–Kier alpha value is -3.86. The van der Waals surface area contributed by atoms with Crippen molar-refractivity contribution >= 4 is 33.8 Å². The molecule has 0 unspecified atom stereocenters. The van der Waals surface area contributed by atoms with Gasteiger partial charge in [-0.2, -0.15) is 4.98 Å². The Bertz CT molecular complexity index is 1200. The number of carbonyl (C=O) groups excluding carboxylic acids is 1. The van der Waals surface area contributed by atoms with E-state index in [0.29, 0.717) is 10.7 Å². The fourth-order valence-corrected chi connectivity index (χ4v) is 3.42. The number of hydrogen-bond donors (Lipinski definition) is 1. The molecule has 0 saturated heterocycles. The van der Waals surface area contributed by atoms with Gasteiger partial charge in [-0.15, -0.1) is 16.4 Å². The molecule has 2 aromatic heterocycles. The van der Waals surface area contributed by atoms with Crippen LogP contribution in [0.25, 0.3) is 16.2 Å². The number of nitrogens with one attached hydrogen (secondary N) is 1. The van der Waals surface area contributed by atoms with Crippen molar-refractivity contribution in [2.24, 2.45) is 0 Å². The number of thiazole rings is 1. The molecule has 2 heterocycles. The third-order valence-electron chi connectivity index (χ3n) is 3.89. The molecule has 0 spiro atoms. The van der Waals surface area contributed by atoms with Crippen molar-refractivity contribution in [2.75, 3.05) is 11.9 Å². The number of anilines is 1. The number of carbonyl (C=O) groups is 1. The number of nitro groups is 1. The van der Waals surface area contributed by atoms with Crippen LogP contribution in [0.2, 0.25) is 0 Å². The highest BCUT2D eigenvalue weighted by Gasteiger charge is 2.17. The van der Waals surface area contributed by atoms with Crippen LogP contribution in [0.4, 0.5) is 16.0 Å². The first-order chi connectivity index (χ1) is 14.0. The molecule has 0 bridgehead atoms. The van der Waals surface area contributed by atoms with Gasteiger partial charge in [-0.05, 0) is 30.3 Å². The topological polar surface area (TPSA) is 112 Å². The standard InChI is InChI=1S/C18H12FN5O4S/c19-12-7-5-11(6-8-12)14-10-29-18-21-17(22-23(14)18)20-16(25)9-28-15-4-2-1-3-13(15)24(26)27/h1-8,10H,9H2,(H,20,22,25). The van der Waals surface area contributed by atoms with Crippen LogP contribution in [0.1, 0.15) is 0 Å². The smallest absolute Gasteiger partial charge is 0.310 e. The Labute approximate surface area is 166 Å². The second-order valence-corrected chi connectivity index (χ2v) is 6.66. The minimum Gasteiger partial charge on any atom is -0.477 e. The first kappa shape index (κ1) is 18.5. The SMILES string of the molecule is O=C(COc1ccccc1[N+](=O)[O-])Nc1nc2scc(-c3ccc(F)cc3)n2n1. The lowest BCUT2D eigenvalue weighted by Gasteiger charge is -2.05. The highest BCUT2D eigenvalue weighted by Crippen LogP contribution is 2.27. The van der Waals surface area contributed by atoms with E-state index in [1.165, 1.54) is 46.2 Å². The molecule has 1 amide bonds. The summed E-state index contributed by atoms with van der Waals surface area (Å²) in [5.41, 5.74) is 1.22. The summed E-state index contributed by atoms with van der Waals surface area (Å²) in [7, 11) is 0. The van der Waals surface area contributed by atoms with Crippen LogP contribution in [0.15, 0.2) is 53.9 Å². The largest absolute Gasteiger partial charge is 0.477 e.